The minimum Gasteiger partial charge on any atom is -0.356 e. The van der Waals surface area contributed by atoms with Crippen LogP contribution in [0.5, 0.6) is 0 Å². The second kappa shape index (κ2) is 8.31. The van der Waals surface area contributed by atoms with Gasteiger partial charge in [0.05, 0.1) is 0 Å². The number of nitrogens with one attached hydrogen (secondary N) is 3. The third-order valence-corrected chi connectivity index (χ3v) is 5.07. The van der Waals surface area contributed by atoms with E-state index in [1.54, 1.807) is 13.1 Å². The number of fused-ring (bicyclic) bond motifs is 1. The van der Waals surface area contributed by atoms with E-state index >= 15 is 0 Å². The van der Waals surface area contributed by atoms with Gasteiger partial charge in [-0.2, -0.15) is 0 Å². The number of nitrogens with zero attached hydrogens (tertiary/aromatic N) is 1. The van der Waals surface area contributed by atoms with Crippen LogP contribution in [0.15, 0.2) is 51.9 Å². The lowest BCUT2D eigenvalue weighted by molar-refractivity contribution is -0.116. The van der Waals surface area contributed by atoms with Gasteiger partial charge in [-0.3, -0.25) is 9.79 Å². The summed E-state index contributed by atoms with van der Waals surface area (Å²) in [7, 11) is 1.68. The van der Waals surface area contributed by atoms with Crippen LogP contribution in [-0.4, -0.2) is 25.5 Å². The lowest BCUT2D eigenvalue weighted by atomic mass is 9.90. The van der Waals surface area contributed by atoms with Crippen molar-refractivity contribution in [2.24, 2.45) is 4.99 Å². The highest BCUT2D eigenvalue weighted by Crippen LogP contribution is 2.31. The quantitative estimate of drug-likeness (QED) is 0.526. The van der Waals surface area contributed by atoms with E-state index in [0.717, 1.165) is 21.3 Å². The summed E-state index contributed by atoms with van der Waals surface area (Å²) in [5, 5.41) is 9.32. The maximum Gasteiger partial charge on any atom is 0.225 e. The molecule has 136 valence electrons. The number of benzene rings is 2. The molecular weight excluding hydrogens is 399 g/mol. The minimum absolute atomic E-state index is 0.0159. The molecule has 0 fully saturated rings. The summed E-state index contributed by atoms with van der Waals surface area (Å²) in [5.74, 6) is 0.406. The first kappa shape index (κ1) is 18.4. The molecule has 1 atom stereocenters. The smallest absolute Gasteiger partial charge is 0.225 e. The molecule has 0 aromatic heterocycles. The third-order valence-electron chi connectivity index (χ3n) is 4.30. The number of amides is 1. The van der Waals surface area contributed by atoms with Crippen molar-refractivity contribution in [3.8, 4) is 0 Å². The van der Waals surface area contributed by atoms with Crippen molar-refractivity contribution in [2.45, 2.75) is 18.9 Å². The van der Waals surface area contributed by atoms with Crippen molar-refractivity contribution in [1.29, 1.82) is 0 Å². The standard InChI is InChI=1S/C19H20BrFN4O/c1-22-19(24-11-13-8-14(21)6-7-16(13)20)23-10-12-9-18(26)25-17-5-3-2-4-15(12)17/h2-8,12H,9-11H2,1H3,(H,25,26)(H2,22,23,24). The molecule has 1 heterocycles. The van der Waals surface area contributed by atoms with Crippen LogP contribution in [0.3, 0.4) is 0 Å². The van der Waals surface area contributed by atoms with Crippen LogP contribution in [0, 0.1) is 5.82 Å². The summed E-state index contributed by atoms with van der Waals surface area (Å²) in [6, 6.07) is 12.4. The molecule has 0 bridgehead atoms. The number of rotatable bonds is 4. The Hall–Kier alpha value is -2.41. The van der Waals surface area contributed by atoms with Crippen LogP contribution >= 0.6 is 15.9 Å². The first-order chi connectivity index (χ1) is 12.6. The van der Waals surface area contributed by atoms with Crippen molar-refractivity contribution in [3.63, 3.8) is 0 Å². The van der Waals surface area contributed by atoms with Gasteiger partial charge < -0.3 is 16.0 Å². The molecule has 1 unspecified atom stereocenters. The van der Waals surface area contributed by atoms with Crippen molar-refractivity contribution in [2.75, 3.05) is 18.9 Å². The fourth-order valence-electron chi connectivity index (χ4n) is 2.98. The number of carbonyl (C=O) groups is 1. The molecule has 3 N–H and O–H groups in total. The number of aliphatic imine (C=N–C) groups is 1. The van der Waals surface area contributed by atoms with Crippen LogP contribution in [-0.2, 0) is 11.3 Å². The van der Waals surface area contributed by atoms with E-state index < -0.39 is 0 Å². The van der Waals surface area contributed by atoms with E-state index in [0.29, 0.717) is 25.5 Å². The Balaban J connectivity index is 1.61. The molecule has 2 aromatic carbocycles. The van der Waals surface area contributed by atoms with Crippen molar-refractivity contribution in [1.82, 2.24) is 10.6 Å². The molecule has 7 heteroatoms. The SMILES string of the molecule is CN=C(NCc1cc(F)ccc1Br)NCC1CC(=O)Nc2ccccc21. The van der Waals surface area contributed by atoms with Crippen LogP contribution in [0.25, 0.3) is 0 Å². The topological polar surface area (TPSA) is 65.5 Å². The van der Waals surface area contributed by atoms with E-state index in [9.17, 15) is 9.18 Å². The van der Waals surface area contributed by atoms with Gasteiger partial charge in [0.15, 0.2) is 5.96 Å². The van der Waals surface area contributed by atoms with Crippen molar-refractivity contribution < 1.29 is 9.18 Å². The molecule has 1 amide bonds. The summed E-state index contributed by atoms with van der Waals surface area (Å²) in [5.41, 5.74) is 2.78. The van der Waals surface area contributed by atoms with Gasteiger partial charge in [-0.15, -0.1) is 0 Å². The van der Waals surface area contributed by atoms with Crippen molar-refractivity contribution >= 4 is 33.5 Å². The summed E-state index contributed by atoms with van der Waals surface area (Å²) < 4.78 is 14.2. The van der Waals surface area contributed by atoms with E-state index in [1.165, 1.54) is 12.1 Å². The average molecular weight is 419 g/mol. The Morgan fingerprint density at radius 3 is 2.92 bits per heavy atom. The van der Waals surface area contributed by atoms with Crippen molar-refractivity contribution in [3.05, 3.63) is 63.9 Å². The second-order valence-electron chi connectivity index (χ2n) is 6.08. The molecule has 26 heavy (non-hydrogen) atoms. The van der Waals surface area contributed by atoms with Gasteiger partial charge in [0.2, 0.25) is 5.91 Å². The molecule has 0 spiro atoms. The Labute approximate surface area is 160 Å². The van der Waals surface area contributed by atoms with Crippen LogP contribution in [0.2, 0.25) is 0 Å². The summed E-state index contributed by atoms with van der Waals surface area (Å²) in [6.07, 6.45) is 0.427. The maximum atomic E-state index is 13.4. The molecule has 0 saturated heterocycles. The molecule has 5 nitrogen and oxygen atoms in total. The molecule has 0 aliphatic carbocycles. The van der Waals surface area contributed by atoms with Crippen LogP contribution in [0.1, 0.15) is 23.5 Å². The summed E-state index contributed by atoms with van der Waals surface area (Å²) in [4.78, 5) is 16.1. The molecule has 3 rings (SSSR count). The lowest BCUT2D eigenvalue weighted by Gasteiger charge is -2.26. The van der Waals surface area contributed by atoms with Gasteiger partial charge in [0, 0.05) is 42.6 Å². The fourth-order valence-corrected chi connectivity index (χ4v) is 3.37. The number of hydrogen-bond acceptors (Lipinski definition) is 2. The first-order valence-electron chi connectivity index (χ1n) is 8.34. The summed E-state index contributed by atoms with van der Waals surface area (Å²) >= 11 is 3.42. The van der Waals surface area contributed by atoms with Gasteiger partial charge in [0.1, 0.15) is 5.82 Å². The first-order valence-corrected chi connectivity index (χ1v) is 9.13. The van der Waals surface area contributed by atoms with Crippen LogP contribution < -0.4 is 16.0 Å². The molecule has 1 aliphatic heterocycles. The largest absolute Gasteiger partial charge is 0.356 e. The van der Waals surface area contributed by atoms with E-state index in [2.05, 4.69) is 36.9 Å². The highest BCUT2D eigenvalue weighted by molar-refractivity contribution is 9.10. The Bertz CT molecular complexity index is 840. The molecule has 1 aliphatic rings. The number of guanidine groups is 1. The highest BCUT2D eigenvalue weighted by Gasteiger charge is 2.24. The monoisotopic (exact) mass is 418 g/mol. The predicted octanol–water partition coefficient (Wildman–Crippen LogP) is 3.38. The van der Waals surface area contributed by atoms with Gasteiger partial charge >= 0.3 is 0 Å². The van der Waals surface area contributed by atoms with Gasteiger partial charge in [-0.05, 0) is 35.4 Å². The molecule has 0 radical (unpaired) electrons. The molecule has 2 aromatic rings. The highest BCUT2D eigenvalue weighted by atomic mass is 79.9. The normalized spacial score (nSPS) is 16.7. The second-order valence-corrected chi connectivity index (χ2v) is 6.93. The van der Waals surface area contributed by atoms with Gasteiger partial charge in [-0.25, -0.2) is 4.39 Å². The molecular formula is C19H20BrFN4O. The third kappa shape index (κ3) is 4.40. The Kier molecular flexibility index (Phi) is 5.88. The lowest BCUT2D eigenvalue weighted by Crippen LogP contribution is -2.40. The van der Waals surface area contributed by atoms with Gasteiger partial charge in [-0.1, -0.05) is 34.1 Å². The van der Waals surface area contributed by atoms with Crippen LogP contribution in [0.4, 0.5) is 10.1 Å². The number of hydrogen-bond donors (Lipinski definition) is 3. The number of carbonyl (C=O) groups excluding carboxylic acids is 1. The van der Waals surface area contributed by atoms with E-state index in [-0.39, 0.29) is 17.6 Å². The predicted molar refractivity (Wildman–Crippen MR) is 105 cm³/mol. The van der Waals surface area contributed by atoms with E-state index in [1.807, 2.05) is 24.3 Å². The number of para-hydroxylation sites is 1. The van der Waals surface area contributed by atoms with E-state index in [4.69, 9.17) is 0 Å². The average Bonchev–Trinajstić information content (AvgIpc) is 2.64. The van der Waals surface area contributed by atoms with Gasteiger partial charge in [0.25, 0.3) is 0 Å². The molecule has 0 saturated carbocycles. The Morgan fingerprint density at radius 2 is 2.12 bits per heavy atom. The fraction of sp³-hybridized carbons (Fsp3) is 0.263. The maximum absolute atomic E-state index is 13.4. The summed E-state index contributed by atoms with van der Waals surface area (Å²) in [6.45, 7) is 1.01. The Morgan fingerprint density at radius 1 is 1.31 bits per heavy atom. The zero-order chi connectivity index (χ0) is 18.5. The number of halogens is 2. The zero-order valence-corrected chi connectivity index (χ0v) is 15.9. The number of anilines is 1. The zero-order valence-electron chi connectivity index (χ0n) is 14.4. The minimum atomic E-state index is -0.280.